The third-order valence-corrected chi connectivity index (χ3v) is 3.46. The molecule has 0 heterocycles. The fourth-order valence-corrected chi connectivity index (χ4v) is 2.48. The van der Waals surface area contributed by atoms with E-state index in [4.69, 9.17) is 0 Å². The lowest BCUT2D eigenvalue weighted by Gasteiger charge is -2.30. The lowest BCUT2D eigenvalue weighted by molar-refractivity contribution is -0.182. The summed E-state index contributed by atoms with van der Waals surface area (Å²) >= 11 is 0. The molecule has 1 aromatic rings. The summed E-state index contributed by atoms with van der Waals surface area (Å²) in [5, 5.41) is 0. The summed E-state index contributed by atoms with van der Waals surface area (Å²) in [5.41, 5.74) is 1.18. The minimum Gasteiger partial charge on any atom is -0.171 e. The summed E-state index contributed by atoms with van der Waals surface area (Å²) in [5.74, 6) is -0.757. The molecule has 1 aliphatic carbocycles. The molecule has 0 bridgehead atoms. The highest BCUT2D eigenvalue weighted by molar-refractivity contribution is 5.19. The maximum atomic E-state index is 12.5. The largest absolute Gasteiger partial charge is 0.391 e. The second kappa shape index (κ2) is 4.48. The zero-order chi connectivity index (χ0) is 11.6. The van der Waals surface area contributed by atoms with E-state index in [1.807, 2.05) is 30.3 Å². The minimum atomic E-state index is -4.00. The van der Waals surface area contributed by atoms with Gasteiger partial charge in [0.15, 0.2) is 0 Å². The predicted octanol–water partition coefficient (Wildman–Crippen LogP) is 4.52. The molecule has 0 radical (unpaired) electrons. The molecule has 0 N–H and O–H groups in total. The monoisotopic (exact) mass is 228 g/mol. The lowest BCUT2D eigenvalue weighted by Crippen LogP contribution is -2.27. The van der Waals surface area contributed by atoms with Crippen LogP contribution < -0.4 is 0 Å². The predicted molar refractivity (Wildman–Crippen MR) is 57.2 cm³/mol. The number of alkyl halides is 3. The maximum absolute atomic E-state index is 12.5. The normalized spacial score (nSPS) is 26.7. The van der Waals surface area contributed by atoms with Crippen molar-refractivity contribution < 1.29 is 13.2 Å². The van der Waals surface area contributed by atoms with Crippen LogP contribution in [-0.2, 0) is 0 Å². The first-order valence-electron chi connectivity index (χ1n) is 5.69. The van der Waals surface area contributed by atoms with Crippen molar-refractivity contribution in [3.05, 3.63) is 35.9 Å². The first-order chi connectivity index (χ1) is 7.57. The highest BCUT2D eigenvalue weighted by Gasteiger charge is 2.41. The van der Waals surface area contributed by atoms with Crippen molar-refractivity contribution in [3.63, 3.8) is 0 Å². The molecule has 88 valence electrons. The van der Waals surface area contributed by atoms with Gasteiger partial charge < -0.3 is 0 Å². The van der Waals surface area contributed by atoms with Crippen LogP contribution in [0.4, 0.5) is 13.2 Å². The number of halogens is 3. The van der Waals surface area contributed by atoms with Crippen molar-refractivity contribution in [3.8, 4) is 0 Å². The van der Waals surface area contributed by atoms with Gasteiger partial charge in [-0.2, -0.15) is 13.2 Å². The van der Waals surface area contributed by atoms with E-state index < -0.39 is 12.1 Å². The molecule has 0 unspecified atom stereocenters. The topological polar surface area (TPSA) is 0 Å². The fourth-order valence-electron chi connectivity index (χ4n) is 2.48. The third-order valence-electron chi connectivity index (χ3n) is 3.46. The fraction of sp³-hybridized carbons (Fsp3) is 0.538. The first kappa shape index (κ1) is 11.5. The van der Waals surface area contributed by atoms with Crippen molar-refractivity contribution in [1.29, 1.82) is 0 Å². The minimum absolute atomic E-state index is 0.281. The van der Waals surface area contributed by atoms with Gasteiger partial charge in [-0.15, -0.1) is 0 Å². The summed E-state index contributed by atoms with van der Waals surface area (Å²) in [4.78, 5) is 0. The van der Waals surface area contributed by atoms with Gasteiger partial charge in [0, 0.05) is 0 Å². The van der Waals surface area contributed by atoms with Crippen molar-refractivity contribution >= 4 is 0 Å². The van der Waals surface area contributed by atoms with Crippen molar-refractivity contribution in [1.82, 2.24) is 0 Å². The average Bonchev–Trinajstić information content (AvgIpc) is 2.29. The van der Waals surface area contributed by atoms with Crippen LogP contribution in [0.5, 0.6) is 0 Å². The van der Waals surface area contributed by atoms with E-state index in [9.17, 15) is 13.2 Å². The van der Waals surface area contributed by atoms with Gasteiger partial charge in [-0.05, 0) is 37.2 Å². The van der Waals surface area contributed by atoms with Crippen LogP contribution in [0.25, 0.3) is 0 Å². The Morgan fingerprint density at radius 1 is 0.875 bits per heavy atom. The van der Waals surface area contributed by atoms with Crippen LogP contribution in [0.15, 0.2) is 30.3 Å². The summed E-state index contributed by atoms with van der Waals surface area (Å²) in [6.07, 6.45) is -2.11. The van der Waals surface area contributed by atoms with Crippen LogP contribution in [0.3, 0.4) is 0 Å². The Hall–Kier alpha value is -0.990. The molecule has 1 fully saturated rings. The Morgan fingerprint density at radius 2 is 1.44 bits per heavy atom. The van der Waals surface area contributed by atoms with E-state index in [0.717, 1.165) is 0 Å². The molecule has 0 amide bonds. The van der Waals surface area contributed by atoms with Gasteiger partial charge in [0.05, 0.1) is 5.92 Å². The lowest BCUT2D eigenvalue weighted by atomic mass is 9.78. The molecule has 2 rings (SSSR count). The standard InChI is InChI=1S/C13H15F3/c14-13(15,16)12-8-6-11(7-9-12)10-4-2-1-3-5-10/h1-5,11-12H,6-9H2. The number of hydrogen-bond acceptors (Lipinski definition) is 0. The van der Waals surface area contributed by atoms with Crippen LogP contribution in [0.1, 0.15) is 37.2 Å². The van der Waals surface area contributed by atoms with Crippen molar-refractivity contribution in [2.24, 2.45) is 5.92 Å². The molecule has 0 saturated heterocycles. The van der Waals surface area contributed by atoms with Gasteiger partial charge >= 0.3 is 6.18 Å². The van der Waals surface area contributed by atoms with Crippen LogP contribution in [-0.4, -0.2) is 6.18 Å². The Balaban J connectivity index is 1.96. The van der Waals surface area contributed by atoms with E-state index >= 15 is 0 Å². The summed E-state index contributed by atoms with van der Waals surface area (Å²) in [6.45, 7) is 0. The van der Waals surface area contributed by atoms with E-state index in [2.05, 4.69) is 0 Å². The van der Waals surface area contributed by atoms with E-state index in [1.165, 1.54) is 5.56 Å². The Morgan fingerprint density at radius 3 is 1.94 bits per heavy atom. The van der Waals surface area contributed by atoms with E-state index in [-0.39, 0.29) is 12.8 Å². The number of rotatable bonds is 1. The van der Waals surface area contributed by atoms with Gasteiger partial charge in [0.2, 0.25) is 0 Å². The van der Waals surface area contributed by atoms with Crippen LogP contribution in [0, 0.1) is 5.92 Å². The summed E-state index contributed by atoms with van der Waals surface area (Å²) in [7, 11) is 0. The molecule has 0 aliphatic heterocycles. The number of hydrogen-bond donors (Lipinski definition) is 0. The molecule has 1 aliphatic rings. The molecule has 0 aromatic heterocycles. The highest BCUT2D eigenvalue weighted by Crippen LogP contribution is 2.42. The third kappa shape index (κ3) is 2.57. The molecule has 1 aromatic carbocycles. The molecular weight excluding hydrogens is 213 g/mol. The summed E-state index contributed by atoms with van der Waals surface area (Å²) < 4.78 is 37.4. The van der Waals surface area contributed by atoms with Gasteiger partial charge in [-0.3, -0.25) is 0 Å². The van der Waals surface area contributed by atoms with Crippen molar-refractivity contribution in [2.75, 3.05) is 0 Å². The van der Waals surface area contributed by atoms with Gasteiger partial charge in [0.25, 0.3) is 0 Å². The Kier molecular flexibility index (Phi) is 3.22. The van der Waals surface area contributed by atoms with Gasteiger partial charge in [-0.25, -0.2) is 0 Å². The van der Waals surface area contributed by atoms with Crippen molar-refractivity contribution in [2.45, 2.75) is 37.8 Å². The SMILES string of the molecule is FC(F)(F)C1CCC(c2ccccc2)CC1. The summed E-state index contributed by atoms with van der Waals surface area (Å²) in [6, 6.07) is 9.86. The smallest absolute Gasteiger partial charge is 0.171 e. The second-order valence-electron chi connectivity index (χ2n) is 4.50. The Bertz CT molecular complexity index is 321. The van der Waals surface area contributed by atoms with E-state index in [0.29, 0.717) is 18.8 Å². The zero-order valence-corrected chi connectivity index (χ0v) is 9.00. The molecule has 0 spiro atoms. The maximum Gasteiger partial charge on any atom is 0.391 e. The first-order valence-corrected chi connectivity index (χ1v) is 5.69. The highest BCUT2D eigenvalue weighted by atomic mass is 19.4. The molecule has 3 heteroatoms. The molecule has 0 nitrogen and oxygen atoms in total. The zero-order valence-electron chi connectivity index (χ0n) is 9.00. The van der Waals surface area contributed by atoms with Crippen LogP contribution in [0.2, 0.25) is 0 Å². The molecule has 1 saturated carbocycles. The van der Waals surface area contributed by atoms with Gasteiger partial charge in [-0.1, -0.05) is 30.3 Å². The number of benzene rings is 1. The van der Waals surface area contributed by atoms with E-state index in [1.54, 1.807) is 0 Å². The Labute approximate surface area is 93.5 Å². The molecule has 0 atom stereocenters. The molecule has 16 heavy (non-hydrogen) atoms. The molecular formula is C13H15F3. The quantitative estimate of drug-likeness (QED) is 0.662. The van der Waals surface area contributed by atoms with Gasteiger partial charge in [0.1, 0.15) is 0 Å². The van der Waals surface area contributed by atoms with Crippen LogP contribution >= 0.6 is 0 Å². The second-order valence-corrected chi connectivity index (χ2v) is 4.50. The average molecular weight is 228 g/mol.